The summed E-state index contributed by atoms with van der Waals surface area (Å²) in [4.78, 5) is 10.9. The Labute approximate surface area is 115 Å². The normalized spacial score (nSPS) is 17.5. The molecular weight excluding hydrogens is 238 g/mol. The Morgan fingerprint density at radius 2 is 2.16 bits per heavy atom. The molecule has 1 unspecified atom stereocenters. The van der Waals surface area contributed by atoms with Gasteiger partial charge in [-0.1, -0.05) is 31.9 Å². The van der Waals surface area contributed by atoms with E-state index in [0.29, 0.717) is 11.6 Å². The molecule has 3 nitrogen and oxygen atoms in total. The number of carboxylic acid groups (broad SMARTS) is 1. The van der Waals surface area contributed by atoms with Crippen LogP contribution in [0.15, 0.2) is 24.3 Å². The van der Waals surface area contributed by atoms with Crippen LogP contribution in [0.5, 0.6) is 0 Å². The molecule has 0 aromatic heterocycles. The fourth-order valence-corrected chi connectivity index (χ4v) is 3.07. The molecule has 0 bridgehead atoms. The van der Waals surface area contributed by atoms with Gasteiger partial charge in [-0.15, -0.1) is 0 Å². The summed E-state index contributed by atoms with van der Waals surface area (Å²) in [7, 11) is 0. The molecule has 1 fully saturated rings. The van der Waals surface area contributed by atoms with Crippen molar-refractivity contribution in [3.8, 4) is 0 Å². The lowest BCUT2D eigenvalue weighted by molar-refractivity contribution is 0.0696. The molecule has 1 aliphatic rings. The SMILES string of the molecule is CCC(NCc1cccc(C(=O)O)c1)C1CCCC1. The monoisotopic (exact) mass is 261 g/mol. The first-order chi connectivity index (χ1) is 9.20. The number of carbonyl (C=O) groups is 1. The number of nitrogens with one attached hydrogen (secondary N) is 1. The van der Waals surface area contributed by atoms with E-state index in [9.17, 15) is 4.79 Å². The minimum atomic E-state index is -0.857. The van der Waals surface area contributed by atoms with E-state index in [1.54, 1.807) is 12.1 Å². The average Bonchev–Trinajstić information content (AvgIpc) is 2.94. The molecule has 0 saturated heterocycles. The van der Waals surface area contributed by atoms with Crippen LogP contribution in [-0.4, -0.2) is 17.1 Å². The minimum Gasteiger partial charge on any atom is -0.478 e. The maximum atomic E-state index is 10.9. The number of hydrogen-bond acceptors (Lipinski definition) is 2. The quantitative estimate of drug-likeness (QED) is 0.824. The van der Waals surface area contributed by atoms with Crippen molar-refractivity contribution in [1.29, 1.82) is 0 Å². The Hall–Kier alpha value is -1.35. The van der Waals surface area contributed by atoms with Crippen molar-refractivity contribution >= 4 is 5.97 Å². The first-order valence-corrected chi connectivity index (χ1v) is 7.26. The molecule has 0 spiro atoms. The van der Waals surface area contributed by atoms with Crippen LogP contribution in [0.2, 0.25) is 0 Å². The molecule has 3 heteroatoms. The van der Waals surface area contributed by atoms with Gasteiger partial charge >= 0.3 is 5.97 Å². The summed E-state index contributed by atoms with van der Waals surface area (Å²) in [5.41, 5.74) is 1.42. The molecule has 104 valence electrons. The van der Waals surface area contributed by atoms with Crippen molar-refractivity contribution in [2.24, 2.45) is 5.92 Å². The molecule has 1 aromatic rings. The van der Waals surface area contributed by atoms with Gasteiger partial charge in [0.2, 0.25) is 0 Å². The largest absolute Gasteiger partial charge is 0.478 e. The van der Waals surface area contributed by atoms with E-state index in [1.807, 2.05) is 12.1 Å². The highest BCUT2D eigenvalue weighted by Gasteiger charge is 2.23. The van der Waals surface area contributed by atoms with E-state index < -0.39 is 5.97 Å². The molecule has 1 atom stereocenters. The third-order valence-corrected chi connectivity index (χ3v) is 4.15. The van der Waals surface area contributed by atoms with Crippen LogP contribution in [0, 0.1) is 5.92 Å². The number of benzene rings is 1. The van der Waals surface area contributed by atoms with E-state index in [-0.39, 0.29) is 0 Å². The maximum absolute atomic E-state index is 10.9. The molecule has 19 heavy (non-hydrogen) atoms. The number of hydrogen-bond donors (Lipinski definition) is 2. The van der Waals surface area contributed by atoms with Gasteiger partial charge in [-0.3, -0.25) is 0 Å². The van der Waals surface area contributed by atoms with Crippen molar-refractivity contribution in [3.05, 3.63) is 35.4 Å². The zero-order chi connectivity index (χ0) is 13.7. The molecule has 2 N–H and O–H groups in total. The van der Waals surface area contributed by atoms with Crippen LogP contribution in [0.1, 0.15) is 54.9 Å². The molecule has 0 heterocycles. The zero-order valence-electron chi connectivity index (χ0n) is 11.6. The molecule has 2 rings (SSSR count). The Morgan fingerprint density at radius 1 is 1.42 bits per heavy atom. The lowest BCUT2D eigenvalue weighted by Gasteiger charge is -2.23. The van der Waals surface area contributed by atoms with Crippen LogP contribution >= 0.6 is 0 Å². The predicted octanol–water partition coefficient (Wildman–Crippen LogP) is 3.44. The predicted molar refractivity (Wildman–Crippen MR) is 76.3 cm³/mol. The van der Waals surface area contributed by atoms with Gasteiger partial charge in [0.25, 0.3) is 0 Å². The van der Waals surface area contributed by atoms with Gasteiger partial charge in [0.05, 0.1) is 5.56 Å². The lowest BCUT2D eigenvalue weighted by Crippen LogP contribution is -2.34. The third-order valence-electron chi connectivity index (χ3n) is 4.15. The Balaban J connectivity index is 1.93. The number of rotatable bonds is 6. The van der Waals surface area contributed by atoms with Crippen molar-refractivity contribution < 1.29 is 9.90 Å². The second-order valence-corrected chi connectivity index (χ2v) is 5.45. The summed E-state index contributed by atoms with van der Waals surface area (Å²) in [6.45, 7) is 2.99. The zero-order valence-corrected chi connectivity index (χ0v) is 11.6. The molecule has 0 aliphatic heterocycles. The van der Waals surface area contributed by atoms with E-state index in [2.05, 4.69) is 12.2 Å². The van der Waals surface area contributed by atoms with Crippen LogP contribution in [0.25, 0.3) is 0 Å². The number of carboxylic acids is 1. The summed E-state index contributed by atoms with van der Waals surface area (Å²) in [6, 6.07) is 7.77. The van der Waals surface area contributed by atoms with E-state index >= 15 is 0 Å². The summed E-state index contributed by atoms with van der Waals surface area (Å²) in [5.74, 6) is -0.0580. The van der Waals surface area contributed by atoms with Crippen molar-refractivity contribution in [2.45, 2.75) is 51.6 Å². The highest BCUT2D eigenvalue weighted by molar-refractivity contribution is 5.87. The first-order valence-electron chi connectivity index (χ1n) is 7.26. The molecule has 0 amide bonds. The van der Waals surface area contributed by atoms with Crippen LogP contribution in [-0.2, 0) is 6.54 Å². The molecule has 0 radical (unpaired) electrons. The summed E-state index contributed by atoms with van der Waals surface area (Å²) < 4.78 is 0. The van der Waals surface area contributed by atoms with Gasteiger partial charge in [0, 0.05) is 12.6 Å². The highest BCUT2D eigenvalue weighted by atomic mass is 16.4. The maximum Gasteiger partial charge on any atom is 0.335 e. The van der Waals surface area contributed by atoms with Crippen LogP contribution in [0.3, 0.4) is 0 Å². The van der Waals surface area contributed by atoms with Gasteiger partial charge in [-0.05, 0) is 42.9 Å². The smallest absolute Gasteiger partial charge is 0.335 e. The van der Waals surface area contributed by atoms with E-state index in [4.69, 9.17) is 5.11 Å². The lowest BCUT2D eigenvalue weighted by atomic mass is 9.95. The molecule has 1 saturated carbocycles. The minimum absolute atomic E-state index is 0.369. The summed E-state index contributed by atoms with van der Waals surface area (Å²) >= 11 is 0. The average molecular weight is 261 g/mol. The van der Waals surface area contributed by atoms with Gasteiger partial charge in [-0.25, -0.2) is 4.79 Å². The fourth-order valence-electron chi connectivity index (χ4n) is 3.07. The van der Waals surface area contributed by atoms with Crippen molar-refractivity contribution in [3.63, 3.8) is 0 Å². The molecular formula is C16H23NO2. The second kappa shape index (κ2) is 6.71. The Bertz CT molecular complexity index is 425. The standard InChI is InChI=1S/C16H23NO2/c1-2-15(13-7-3-4-8-13)17-11-12-6-5-9-14(10-12)16(18)19/h5-6,9-10,13,15,17H,2-4,7-8,11H2,1H3,(H,18,19). The Morgan fingerprint density at radius 3 is 2.79 bits per heavy atom. The molecule has 1 aliphatic carbocycles. The second-order valence-electron chi connectivity index (χ2n) is 5.45. The fraction of sp³-hybridized carbons (Fsp3) is 0.562. The van der Waals surface area contributed by atoms with E-state index in [1.165, 1.54) is 25.7 Å². The van der Waals surface area contributed by atoms with Gasteiger partial charge in [-0.2, -0.15) is 0 Å². The first kappa shape index (κ1) is 14.1. The highest BCUT2D eigenvalue weighted by Crippen LogP contribution is 2.29. The van der Waals surface area contributed by atoms with Crippen LogP contribution in [0.4, 0.5) is 0 Å². The third kappa shape index (κ3) is 3.80. The van der Waals surface area contributed by atoms with E-state index in [0.717, 1.165) is 24.4 Å². The van der Waals surface area contributed by atoms with Gasteiger partial charge < -0.3 is 10.4 Å². The Kier molecular flexibility index (Phi) is 4.97. The summed E-state index contributed by atoms with van der Waals surface area (Å²) in [6.07, 6.45) is 6.53. The molecule has 1 aromatic carbocycles. The number of aromatic carboxylic acids is 1. The van der Waals surface area contributed by atoms with Gasteiger partial charge in [0.15, 0.2) is 0 Å². The summed E-state index contributed by atoms with van der Waals surface area (Å²) in [5, 5.41) is 12.6. The van der Waals surface area contributed by atoms with Crippen molar-refractivity contribution in [1.82, 2.24) is 5.32 Å². The van der Waals surface area contributed by atoms with Crippen LogP contribution < -0.4 is 5.32 Å². The van der Waals surface area contributed by atoms with Crippen molar-refractivity contribution in [2.75, 3.05) is 0 Å². The topological polar surface area (TPSA) is 49.3 Å². The van der Waals surface area contributed by atoms with Gasteiger partial charge in [0.1, 0.15) is 0 Å².